The zero-order valence-electron chi connectivity index (χ0n) is 11.4. The van der Waals surface area contributed by atoms with Crippen molar-refractivity contribution in [1.29, 1.82) is 0 Å². The van der Waals surface area contributed by atoms with Gasteiger partial charge in [-0.1, -0.05) is 6.08 Å². The second-order valence-corrected chi connectivity index (χ2v) is 4.89. The van der Waals surface area contributed by atoms with Crippen LogP contribution >= 0.6 is 0 Å². The molecule has 1 aliphatic heterocycles. The standard InChI is InChI=1S/C13H21N3O4/c1-2-5-14-13(20)15-11(17)9-16-6-3-4-10(8-16)7-12(18)19/h2,10H,1,3-9H2,(H,18,19)(H2,14,15,17,20). The molecule has 0 aromatic carbocycles. The van der Waals surface area contributed by atoms with Crippen LogP contribution in [-0.2, 0) is 9.59 Å². The van der Waals surface area contributed by atoms with Crippen molar-refractivity contribution in [1.82, 2.24) is 15.5 Å². The Kier molecular flexibility index (Phi) is 6.72. The summed E-state index contributed by atoms with van der Waals surface area (Å²) in [5.74, 6) is -1.13. The molecule has 1 rings (SSSR count). The maximum atomic E-state index is 11.7. The summed E-state index contributed by atoms with van der Waals surface area (Å²) in [5.41, 5.74) is 0. The van der Waals surface area contributed by atoms with Gasteiger partial charge >= 0.3 is 12.0 Å². The third kappa shape index (κ3) is 6.33. The van der Waals surface area contributed by atoms with Crippen LogP contribution in [0.5, 0.6) is 0 Å². The third-order valence-corrected chi connectivity index (χ3v) is 3.09. The van der Waals surface area contributed by atoms with Crippen LogP contribution in [-0.4, -0.2) is 54.1 Å². The van der Waals surface area contributed by atoms with E-state index in [1.807, 2.05) is 4.90 Å². The van der Waals surface area contributed by atoms with Crippen molar-refractivity contribution in [3.05, 3.63) is 12.7 Å². The molecule has 0 spiro atoms. The molecule has 0 aliphatic carbocycles. The molecule has 1 heterocycles. The highest BCUT2D eigenvalue weighted by molar-refractivity contribution is 5.95. The molecule has 1 fully saturated rings. The van der Waals surface area contributed by atoms with Crippen LogP contribution in [0.15, 0.2) is 12.7 Å². The van der Waals surface area contributed by atoms with Gasteiger partial charge in [-0.15, -0.1) is 6.58 Å². The van der Waals surface area contributed by atoms with Gasteiger partial charge in [0.15, 0.2) is 0 Å². The molecular weight excluding hydrogens is 262 g/mol. The second-order valence-electron chi connectivity index (χ2n) is 4.89. The summed E-state index contributed by atoms with van der Waals surface area (Å²) < 4.78 is 0. The summed E-state index contributed by atoms with van der Waals surface area (Å²) in [5, 5.41) is 13.4. The monoisotopic (exact) mass is 283 g/mol. The molecule has 20 heavy (non-hydrogen) atoms. The number of nitrogens with one attached hydrogen (secondary N) is 2. The number of carbonyl (C=O) groups is 3. The average molecular weight is 283 g/mol. The van der Waals surface area contributed by atoms with E-state index < -0.39 is 12.0 Å². The molecule has 112 valence electrons. The zero-order valence-corrected chi connectivity index (χ0v) is 11.4. The summed E-state index contributed by atoms with van der Waals surface area (Å²) in [6.07, 6.45) is 3.38. The normalized spacial score (nSPS) is 19.1. The van der Waals surface area contributed by atoms with Gasteiger partial charge in [-0.05, 0) is 25.3 Å². The molecular formula is C13H21N3O4. The lowest BCUT2D eigenvalue weighted by Gasteiger charge is -2.31. The molecule has 1 saturated heterocycles. The number of likely N-dealkylation sites (tertiary alicyclic amines) is 1. The molecule has 7 heteroatoms. The molecule has 0 saturated carbocycles. The van der Waals surface area contributed by atoms with E-state index in [-0.39, 0.29) is 24.8 Å². The van der Waals surface area contributed by atoms with Gasteiger partial charge in [0.1, 0.15) is 0 Å². The smallest absolute Gasteiger partial charge is 0.321 e. The number of piperidine rings is 1. The van der Waals surface area contributed by atoms with E-state index >= 15 is 0 Å². The molecule has 1 unspecified atom stereocenters. The molecule has 0 radical (unpaired) electrons. The first-order chi connectivity index (χ1) is 9.51. The number of hydrogen-bond donors (Lipinski definition) is 3. The number of aliphatic carboxylic acids is 1. The van der Waals surface area contributed by atoms with Crippen molar-refractivity contribution < 1.29 is 19.5 Å². The molecule has 0 aromatic heterocycles. The lowest BCUT2D eigenvalue weighted by atomic mass is 9.95. The largest absolute Gasteiger partial charge is 0.481 e. The first-order valence-corrected chi connectivity index (χ1v) is 6.64. The number of urea groups is 1. The van der Waals surface area contributed by atoms with Crippen molar-refractivity contribution in [2.24, 2.45) is 5.92 Å². The van der Waals surface area contributed by atoms with E-state index in [0.29, 0.717) is 13.1 Å². The van der Waals surface area contributed by atoms with Gasteiger partial charge in [-0.25, -0.2) is 4.79 Å². The number of imide groups is 1. The number of rotatable bonds is 6. The second kappa shape index (κ2) is 8.31. The number of amides is 3. The molecule has 7 nitrogen and oxygen atoms in total. The summed E-state index contributed by atoms with van der Waals surface area (Å²) in [6, 6.07) is -0.547. The van der Waals surface area contributed by atoms with Gasteiger partial charge in [0.2, 0.25) is 5.91 Å². The van der Waals surface area contributed by atoms with Crippen molar-refractivity contribution in [2.45, 2.75) is 19.3 Å². The number of hydrogen-bond acceptors (Lipinski definition) is 4. The Balaban J connectivity index is 2.32. The van der Waals surface area contributed by atoms with Gasteiger partial charge in [-0.3, -0.25) is 19.8 Å². The Labute approximate surface area is 118 Å². The predicted molar refractivity (Wildman–Crippen MR) is 73.2 cm³/mol. The van der Waals surface area contributed by atoms with Crippen LogP contribution < -0.4 is 10.6 Å². The third-order valence-electron chi connectivity index (χ3n) is 3.09. The lowest BCUT2D eigenvalue weighted by Crippen LogP contribution is -2.47. The summed E-state index contributed by atoms with van der Waals surface area (Å²) in [7, 11) is 0. The van der Waals surface area contributed by atoms with Gasteiger partial charge in [0.25, 0.3) is 0 Å². The maximum Gasteiger partial charge on any atom is 0.321 e. The van der Waals surface area contributed by atoms with Crippen molar-refractivity contribution in [3.63, 3.8) is 0 Å². The van der Waals surface area contributed by atoms with Crippen molar-refractivity contribution in [2.75, 3.05) is 26.2 Å². The first-order valence-electron chi connectivity index (χ1n) is 6.64. The van der Waals surface area contributed by atoms with Crippen LogP contribution in [0.4, 0.5) is 4.79 Å². The number of carbonyl (C=O) groups excluding carboxylic acids is 2. The van der Waals surface area contributed by atoms with Crippen LogP contribution in [0, 0.1) is 5.92 Å². The van der Waals surface area contributed by atoms with Gasteiger partial charge in [-0.2, -0.15) is 0 Å². The number of carboxylic acid groups (broad SMARTS) is 1. The fourth-order valence-corrected chi connectivity index (χ4v) is 2.29. The topological polar surface area (TPSA) is 98.7 Å². The van der Waals surface area contributed by atoms with E-state index in [4.69, 9.17) is 5.11 Å². The highest BCUT2D eigenvalue weighted by Gasteiger charge is 2.23. The first kappa shape index (κ1) is 16.2. The number of carboxylic acids is 1. The molecule has 1 aliphatic rings. The van der Waals surface area contributed by atoms with E-state index in [2.05, 4.69) is 17.2 Å². The van der Waals surface area contributed by atoms with Crippen molar-refractivity contribution in [3.8, 4) is 0 Å². The lowest BCUT2D eigenvalue weighted by molar-refractivity contribution is -0.138. The maximum absolute atomic E-state index is 11.7. The molecule has 0 aromatic rings. The molecule has 1 atom stereocenters. The summed E-state index contributed by atoms with van der Waals surface area (Å²) in [4.78, 5) is 35.5. The predicted octanol–water partition coefficient (Wildman–Crippen LogP) is 0.185. The van der Waals surface area contributed by atoms with Gasteiger partial charge in [0.05, 0.1) is 6.54 Å². The van der Waals surface area contributed by atoms with E-state index in [1.54, 1.807) is 0 Å². The van der Waals surface area contributed by atoms with Crippen LogP contribution in [0.3, 0.4) is 0 Å². The zero-order chi connectivity index (χ0) is 15.0. The Morgan fingerprint density at radius 2 is 2.15 bits per heavy atom. The van der Waals surface area contributed by atoms with Crippen molar-refractivity contribution >= 4 is 17.9 Å². The Morgan fingerprint density at radius 3 is 2.80 bits per heavy atom. The summed E-state index contributed by atoms with van der Waals surface area (Å²) >= 11 is 0. The van der Waals surface area contributed by atoms with Gasteiger partial charge < -0.3 is 10.4 Å². The highest BCUT2D eigenvalue weighted by atomic mass is 16.4. The van der Waals surface area contributed by atoms with Crippen LogP contribution in [0.2, 0.25) is 0 Å². The van der Waals surface area contributed by atoms with Gasteiger partial charge in [0, 0.05) is 19.5 Å². The minimum Gasteiger partial charge on any atom is -0.481 e. The Morgan fingerprint density at radius 1 is 1.40 bits per heavy atom. The Bertz CT molecular complexity index is 384. The molecule has 3 N–H and O–H groups in total. The quantitative estimate of drug-likeness (QED) is 0.604. The van der Waals surface area contributed by atoms with Crippen LogP contribution in [0.1, 0.15) is 19.3 Å². The fraction of sp³-hybridized carbons (Fsp3) is 0.615. The van der Waals surface area contributed by atoms with E-state index in [1.165, 1.54) is 6.08 Å². The van der Waals surface area contributed by atoms with Crippen LogP contribution in [0.25, 0.3) is 0 Å². The highest BCUT2D eigenvalue weighted by Crippen LogP contribution is 2.19. The Hall–Kier alpha value is -1.89. The molecule has 0 bridgehead atoms. The minimum absolute atomic E-state index is 0.0728. The average Bonchev–Trinajstić information content (AvgIpc) is 2.35. The fourth-order valence-electron chi connectivity index (χ4n) is 2.29. The van der Waals surface area contributed by atoms with E-state index in [9.17, 15) is 14.4 Å². The summed E-state index contributed by atoms with van der Waals surface area (Å²) in [6.45, 7) is 5.18. The SMILES string of the molecule is C=CCNC(=O)NC(=O)CN1CCCC(CC(=O)O)C1. The minimum atomic E-state index is -0.815. The van der Waals surface area contributed by atoms with E-state index in [0.717, 1.165) is 19.4 Å². The molecule has 3 amide bonds. The number of nitrogens with zero attached hydrogens (tertiary/aromatic N) is 1.